The molecule has 7 heteroatoms. The lowest BCUT2D eigenvalue weighted by molar-refractivity contribution is -0.121. The predicted molar refractivity (Wildman–Crippen MR) is 81.6 cm³/mol. The van der Waals surface area contributed by atoms with E-state index in [9.17, 15) is 13.2 Å². The molecule has 0 atom stereocenters. The van der Waals surface area contributed by atoms with Crippen molar-refractivity contribution >= 4 is 27.3 Å². The number of amides is 1. The van der Waals surface area contributed by atoms with Crippen LogP contribution in [0.2, 0.25) is 0 Å². The molecule has 0 fully saturated rings. The van der Waals surface area contributed by atoms with Crippen LogP contribution in [-0.4, -0.2) is 20.9 Å². The van der Waals surface area contributed by atoms with Gasteiger partial charge in [-0.25, -0.2) is 12.7 Å². The van der Waals surface area contributed by atoms with Crippen molar-refractivity contribution in [3.05, 3.63) is 54.1 Å². The number of nitrogen functional groups attached to an aromatic ring is 1. The van der Waals surface area contributed by atoms with Gasteiger partial charge >= 0.3 is 0 Å². The molecule has 0 saturated heterocycles. The molecule has 0 bridgehead atoms. The third-order valence-corrected chi connectivity index (χ3v) is 5.05. The summed E-state index contributed by atoms with van der Waals surface area (Å²) in [5.74, 6) is -0.632. The minimum atomic E-state index is -4.05. The second kappa shape index (κ2) is 5.43. The van der Waals surface area contributed by atoms with Crippen LogP contribution < -0.4 is 10.0 Å². The van der Waals surface area contributed by atoms with Crippen LogP contribution in [0.4, 0.5) is 11.4 Å². The molecule has 3 rings (SSSR count). The lowest BCUT2D eigenvalue weighted by Gasteiger charge is -2.22. The van der Waals surface area contributed by atoms with E-state index in [4.69, 9.17) is 10.5 Å². The maximum atomic E-state index is 12.9. The number of fused-ring (bicyclic) bond motifs is 1. The van der Waals surface area contributed by atoms with Gasteiger partial charge in [-0.15, -0.1) is 0 Å². The first-order valence-corrected chi connectivity index (χ1v) is 8.03. The zero-order chi connectivity index (χ0) is 15.7. The third kappa shape index (κ3) is 2.44. The molecule has 114 valence electrons. The van der Waals surface area contributed by atoms with Crippen LogP contribution in [0.25, 0.3) is 0 Å². The number of hydrogen-bond acceptors (Lipinski definition) is 5. The first kappa shape index (κ1) is 14.6. The van der Waals surface area contributed by atoms with Gasteiger partial charge in [0.25, 0.3) is 15.9 Å². The summed E-state index contributed by atoms with van der Waals surface area (Å²) < 4.78 is 31.8. The van der Waals surface area contributed by atoms with E-state index >= 15 is 0 Å². The Labute approximate surface area is 128 Å². The van der Waals surface area contributed by atoms with E-state index in [0.717, 1.165) is 4.31 Å². The fourth-order valence-electron chi connectivity index (χ4n) is 2.32. The monoisotopic (exact) mass is 318 g/mol. The minimum absolute atomic E-state index is 0.0300. The van der Waals surface area contributed by atoms with Crippen molar-refractivity contribution in [2.45, 2.75) is 11.5 Å². The maximum Gasteiger partial charge on any atom is 0.271 e. The van der Waals surface area contributed by atoms with E-state index in [1.807, 2.05) is 0 Å². The van der Waals surface area contributed by atoms with Gasteiger partial charge in [0.1, 0.15) is 6.61 Å². The number of anilines is 2. The fraction of sp³-hybridized carbons (Fsp3) is 0.133. The SMILES string of the molecule is Nc1cccc(S(=O)(=O)N2C(=O)COCc3ccccc32)c1. The molecule has 1 heterocycles. The van der Waals surface area contributed by atoms with Crippen molar-refractivity contribution in [3.63, 3.8) is 0 Å². The van der Waals surface area contributed by atoms with Crippen LogP contribution in [0.3, 0.4) is 0 Å². The summed E-state index contributed by atoms with van der Waals surface area (Å²) in [6.45, 7) is -0.110. The lowest BCUT2D eigenvalue weighted by Crippen LogP contribution is -2.38. The van der Waals surface area contributed by atoms with E-state index < -0.39 is 15.9 Å². The minimum Gasteiger partial charge on any atom is -0.399 e. The number of sulfonamides is 1. The Kier molecular flexibility index (Phi) is 3.59. The van der Waals surface area contributed by atoms with Gasteiger partial charge in [-0.05, 0) is 24.3 Å². The lowest BCUT2D eigenvalue weighted by atomic mass is 10.2. The summed E-state index contributed by atoms with van der Waals surface area (Å²) in [5, 5.41) is 0. The van der Waals surface area contributed by atoms with Crippen LogP contribution in [0.1, 0.15) is 5.56 Å². The highest BCUT2D eigenvalue weighted by atomic mass is 32.2. The van der Waals surface area contributed by atoms with Crippen molar-refractivity contribution in [1.29, 1.82) is 0 Å². The Hall–Kier alpha value is -2.38. The van der Waals surface area contributed by atoms with Crippen LogP contribution in [-0.2, 0) is 26.2 Å². The molecular formula is C15H14N2O4S. The van der Waals surface area contributed by atoms with E-state index in [2.05, 4.69) is 0 Å². The number of rotatable bonds is 2. The van der Waals surface area contributed by atoms with Gasteiger partial charge in [0.15, 0.2) is 0 Å². The number of para-hydroxylation sites is 1. The predicted octanol–water partition coefficient (Wildman–Crippen LogP) is 1.52. The molecule has 0 aromatic heterocycles. The van der Waals surface area contributed by atoms with Gasteiger partial charge in [0.05, 0.1) is 17.2 Å². The Morgan fingerprint density at radius 2 is 1.82 bits per heavy atom. The smallest absolute Gasteiger partial charge is 0.271 e. The average Bonchev–Trinajstić information content (AvgIpc) is 2.65. The van der Waals surface area contributed by atoms with E-state index in [-0.39, 0.29) is 18.1 Å². The molecule has 2 aromatic carbocycles. The molecule has 2 aromatic rings. The topological polar surface area (TPSA) is 89.7 Å². The van der Waals surface area contributed by atoms with Gasteiger partial charge in [0.2, 0.25) is 0 Å². The fourth-order valence-corrected chi connectivity index (χ4v) is 3.82. The van der Waals surface area contributed by atoms with Crippen LogP contribution in [0.15, 0.2) is 53.4 Å². The van der Waals surface area contributed by atoms with Crippen LogP contribution >= 0.6 is 0 Å². The standard InChI is InChI=1S/C15H14N2O4S/c16-12-5-3-6-13(8-12)22(19,20)17-14-7-2-1-4-11(14)9-21-10-15(17)18/h1-8H,9-10,16H2. The summed E-state index contributed by atoms with van der Waals surface area (Å²) in [4.78, 5) is 12.2. The van der Waals surface area contributed by atoms with Crippen molar-refractivity contribution in [2.24, 2.45) is 0 Å². The number of nitrogens with zero attached hydrogens (tertiary/aromatic N) is 1. The molecule has 0 aliphatic carbocycles. The molecule has 0 unspecified atom stereocenters. The molecule has 6 nitrogen and oxygen atoms in total. The second-order valence-corrected chi connectivity index (χ2v) is 6.64. The molecule has 0 radical (unpaired) electrons. The number of carbonyl (C=O) groups is 1. The van der Waals surface area contributed by atoms with E-state index in [0.29, 0.717) is 16.9 Å². The molecule has 22 heavy (non-hydrogen) atoms. The second-order valence-electron chi connectivity index (χ2n) is 4.86. The van der Waals surface area contributed by atoms with Crippen molar-refractivity contribution in [3.8, 4) is 0 Å². The van der Waals surface area contributed by atoms with E-state index in [1.165, 1.54) is 18.2 Å². The number of nitrogens with two attached hydrogens (primary N) is 1. The first-order valence-electron chi connectivity index (χ1n) is 6.59. The Morgan fingerprint density at radius 1 is 1.05 bits per heavy atom. The molecule has 1 aliphatic heterocycles. The highest BCUT2D eigenvalue weighted by molar-refractivity contribution is 7.93. The quantitative estimate of drug-likeness (QED) is 0.848. The van der Waals surface area contributed by atoms with Gasteiger partial charge in [0, 0.05) is 11.3 Å². The largest absolute Gasteiger partial charge is 0.399 e. The number of hydrogen-bond donors (Lipinski definition) is 1. The number of benzene rings is 2. The Morgan fingerprint density at radius 3 is 2.59 bits per heavy atom. The van der Waals surface area contributed by atoms with Crippen molar-refractivity contribution < 1.29 is 17.9 Å². The summed E-state index contributed by atoms with van der Waals surface area (Å²) in [6, 6.07) is 12.6. The van der Waals surface area contributed by atoms with Gasteiger partial charge in [-0.2, -0.15) is 0 Å². The number of carbonyl (C=O) groups excluding carboxylic acids is 1. The van der Waals surface area contributed by atoms with Crippen molar-refractivity contribution in [1.82, 2.24) is 0 Å². The summed E-state index contributed by atoms with van der Waals surface area (Å²) >= 11 is 0. The van der Waals surface area contributed by atoms with Gasteiger partial charge in [-0.3, -0.25) is 4.79 Å². The summed E-state index contributed by atoms with van der Waals surface area (Å²) in [5.41, 5.74) is 6.92. The molecular weight excluding hydrogens is 304 g/mol. The van der Waals surface area contributed by atoms with Crippen LogP contribution in [0, 0.1) is 0 Å². The average molecular weight is 318 g/mol. The van der Waals surface area contributed by atoms with Gasteiger partial charge < -0.3 is 10.5 Å². The molecule has 0 saturated carbocycles. The van der Waals surface area contributed by atoms with Crippen LogP contribution in [0.5, 0.6) is 0 Å². The normalized spacial score (nSPS) is 15.3. The Balaban J connectivity index is 2.18. The Bertz CT molecular complexity index is 833. The van der Waals surface area contributed by atoms with E-state index in [1.54, 1.807) is 30.3 Å². The highest BCUT2D eigenvalue weighted by Gasteiger charge is 2.34. The molecule has 1 aliphatic rings. The number of ether oxygens (including phenoxy) is 1. The molecule has 2 N–H and O–H groups in total. The zero-order valence-corrected chi connectivity index (χ0v) is 12.4. The summed E-state index contributed by atoms with van der Waals surface area (Å²) in [7, 11) is -4.05. The molecule has 0 spiro atoms. The maximum absolute atomic E-state index is 12.9. The van der Waals surface area contributed by atoms with Gasteiger partial charge in [-0.1, -0.05) is 24.3 Å². The zero-order valence-electron chi connectivity index (χ0n) is 11.6. The third-order valence-electron chi connectivity index (χ3n) is 3.32. The summed E-state index contributed by atoms with van der Waals surface area (Å²) in [6.07, 6.45) is 0. The molecule has 1 amide bonds. The highest BCUT2D eigenvalue weighted by Crippen LogP contribution is 2.30. The first-order chi connectivity index (χ1) is 10.5. The van der Waals surface area contributed by atoms with Crippen molar-refractivity contribution in [2.75, 3.05) is 16.6 Å².